The lowest BCUT2D eigenvalue weighted by atomic mass is 10.3. The Balaban J connectivity index is 2.49. The van der Waals surface area contributed by atoms with Gasteiger partial charge in [0.25, 0.3) is 0 Å². The van der Waals surface area contributed by atoms with Gasteiger partial charge in [-0.05, 0) is 6.92 Å². The molecule has 0 saturated heterocycles. The van der Waals surface area contributed by atoms with Crippen LogP contribution in [0, 0.1) is 6.92 Å². The largest absolute Gasteiger partial charge is 0.475 e. The van der Waals surface area contributed by atoms with Gasteiger partial charge >= 0.3 is 0 Å². The minimum Gasteiger partial charge on any atom is -0.475 e. The topological polar surface area (TPSA) is 70.3 Å². The monoisotopic (exact) mass is 197 g/mol. The third-order valence-electron chi connectivity index (χ3n) is 1.85. The van der Waals surface area contributed by atoms with Crippen LogP contribution in [0.1, 0.15) is 5.56 Å². The summed E-state index contributed by atoms with van der Waals surface area (Å²) in [5.41, 5.74) is 6.35. The number of ether oxygens (including phenoxy) is 2. The second-order valence-electron chi connectivity index (χ2n) is 2.92. The number of hydrogen-bond donors (Lipinski definition) is 1. The van der Waals surface area contributed by atoms with E-state index in [9.17, 15) is 0 Å². The van der Waals surface area contributed by atoms with Crippen LogP contribution in [-0.2, 0) is 4.74 Å². The molecule has 78 valence electrons. The quantitative estimate of drug-likeness (QED) is 0.727. The molecule has 1 aromatic heterocycles. The second kappa shape index (κ2) is 5.51. The molecule has 0 aromatic carbocycles. The Hall–Kier alpha value is -1.20. The molecule has 0 spiro atoms. The van der Waals surface area contributed by atoms with Gasteiger partial charge in [0.1, 0.15) is 19.0 Å². The van der Waals surface area contributed by atoms with E-state index in [2.05, 4.69) is 9.97 Å². The van der Waals surface area contributed by atoms with Gasteiger partial charge in [0.2, 0.25) is 5.88 Å². The van der Waals surface area contributed by atoms with Crippen LogP contribution in [0.5, 0.6) is 5.88 Å². The molecule has 0 saturated carbocycles. The average molecular weight is 197 g/mol. The van der Waals surface area contributed by atoms with Crippen molar-refractivity contribution in [3.05, 3.63) is 18.1 Å². The van der Waals surface area contributed by atoms with Crippen LogP contribution in [0.25, 0.3) is 0 Å². The van der Waals surface area contributed by atoms with E-state index in [1.54, 1.807) is 13.3 Å². The van der Waals surface area contributed by atoms with Gasteiger partial charge in [-0.25, -0.2) is 9.97 Å². The zero-order valence-corrected chi connectivity index (χ0v) is 8.43. The molecule has 2 N–H and O–H groups in total. The smallest absolute Gasteiger partial charge is 0.219 e. The van der Waals surface area contributed by atoms with E-state index >= 15 is 0 Å². The fourth-order valence-electron chi connectivity index (χ4n) is 0.943. The fraction of sp³-hybridized carbons (Fsp3) is 0.556. The van der Waals surface area contributed by atoms with Gasteiger partial charge in [-0.1, -0.05) is 0 Å². The molecule has 1 aromatic rings. The molecule has 0 amide bonds. The number of rotatable bonds is 5. The van der Waals surface area contributed by atoms with E-state index in [-0.39, 0.29) is 6.10 Å². The normalized spacial score (nSPS) is 12.5. The molecule has 0 aliphatic heterocycles. The molecule has 1 atom stereocenters. The fourth-order valence-corrected chi connectivity index (χ4v) is 0.943. The number of methoxy groups -OCH3 is 1. The predicted molar refractivity (Wildman–Crippen MR) is 52.1 cm³/mol. The van der Waals surface area contributed by atoms with Crippen LogP contribution >= 0.6 is 0 Å². The van der Waals surface area contributed by atoms with Crippen LogP contribution in [0.4, 0.5) is 0 Å². The summed E-state index contributed by atoms with van der Waals surface area (Å²) in [6, 6.07) is 0. The first-order chi connectivity index (χ1) is 6.77. The maximum absolute atomic E-state index is 5.45. The molecule has 14 heavy (non-hydrogen) atoms. The van der Waals surface area contributed by atoms with E-state index < -0.39 is 0 Å². The lowest BCUT2D eigenvalue weighted by Gasteiger charge is -2.13. The maximum atomic E-state index is 5.45. The first-order valence-corrected chi connectivity index (χ1v) is 4.40. The molecule has 0 bridgehead atoms. The van der Waals surface area contributed by atoms with E-state index in [1.165, 1.54) is 6.33 Å². The molecule has 0 fully saturated rings. The summed E-state index contributed by atoms with van der Waals surface area (Å²) in [5, 5.41) is 0. The van der Waals surface area contributed by atoms with Crippen LogP contribution in [-0.4, -0.2) is 36.3 Å². The average Bonchev–Trinajstić information content (AvgIpc) is 2.22. The van der Waals surface area contributed by atoms with Gasteiger partial charge in [0.15, 0.2) is 0 Å². The molecular formula is C9H15N3O2. The highest BCUT2D eigenvalue weighted by Gasteiger charge is 2.07. The molecule has 1 rings (SSSR count). The van der Waals surface area contributed by atoms with E-state index in [0.29, 0.717) is 19.0 Å². The van der Waals surface area contributed by atoms with Gasteiger partial charge in [0, 0.05) is 25.4 Å². The Kier molecular flexibility index (Phi) is 4.28. The summed E-state index contributed by atoms with van der Waals surface area (Å²) in [7, 11) is 1.60. The zero-order valence-electron chi connectivity index (χ0n) is 8.43. The number of hydrogen-bond acceptors (Lipinski definition) is 5. The van der Waals surface area contributed by atoms with Crippen molar-refractivity contribution < 1.29 is 9.47 Å². The van der Waals surface area contributed by atoms with Crippen LogP contribution < -0.4 is 10.5 Å². The lowest BCUT2D eigenvalue weighted by Crippen LogP contribution is -2.29. The standard InChI is InChI=1S/C9H15N3O2/c1-7-4-11-6-12-9(7)14-5-8(3-10)13-2/h4,6,8H,3,5,10H2,1-2H3. The molecule has 1 unspecified atom stereocenters. The van der Waals surface area contributed by atoms with Crippen molar-refractivity contribution in [2.75, 3.05) is 20.3 Å². The molecule has 0 radical (unpaired) electrons. The van der Waals surface area contributed by atoms with Gasteiger partial charge in [-0.2, -0.15) is 0 Å². The van der Waals surface area contributed by atoms with Crippen molar-refractivity contribution in [2.45, 2.75) is 13.0 Å². The number of nitrogens with zero attached hydrogens (tertiary/aromatic N) is 2. The molecule has 5 heteroatoms. The van der Waals surface area contributed by atoms with Gasteiger partial charge in [0.05, 0.1) is 0 Å². The van der Waals surface area contributed by atoms with Crippen molar-refractivity contribution in [3.8, 4) is 5.88 Å². The Morgan fingerprint density at radius 3 is 2.93 bits per heavy atom. The number of aromatic nitrogens is 2. The number of nitrogens with two attached hydrogens (primary N) is 1. The summed E-state index contributed by atoms with van der Waals surface area (Å²) in [5.74, 6) is 0.579. The lowest BCUT2D eigenvalue weighted by molar-refractivity contribution is 0.0624. The minimum absolute atomic E-state index is 0.0932. The van der Waals surface area contributed by atoms with E-state index in [1.807, 2.05) is 6.92 Å². The third-order valence-corrected chi connectivity index (χ3v) is 1.85. The highest BCUT2D eigenvalue weighted by molar-refractivity contribution is 5.19. The molecule has 5 nitrogen and oxygen atoms in total. The van der Waals surface area contributed by atoms with Crippen LogP contribution in [0.2, 0.25) is 0 Å². The van der Waals surface area contributed by atoms with Crippen LogP contribution in [0.3, 0.4) is 0 Å². The SMILES string of the molecule is COC(CN)COc1ncncc1C. The van der Waals surface area contributed by atoms with Crippen molar-refractivity contribution >= 4 is 0 Å². The van der Waals surface area contributed by atoms with E-state index in [4.69, 9.17) is 15.2 Å². The molecule has 1 heterocycles. The Morgan fingerprint density at radius 2 is 2.36 bits per heavy atom. The predicted octanol–water partition coefficient (Wildman–Crippen LogP) is 0.138. The van der Waals surface area contributed by atoms with Gasteiger partial charge in [-0.3, -0.25) is 0 Å². The highest BCUT2D eigenvalue weighted by Crippen LogP contribution is 2.10. The Labute approximate surface area is 83.3 Å². The summed E-state index contributed by atoms with van der Waals surface area (Å²) in [6.07, 6.45) is 3.06. The first-order valence-electron chi connectivity index (χ1n) is 4.40. The Morgan fingerprint density at radius 1 is 1.57 bits per heavy atom. The van der Waals surface area contributed by atoms with E-state index in [0.717, 1.165) is 5.56 Å². The van der Waals surface area contributed by atoms with Crippen molar-refractivity contribution in [1.29, 1.82) is 0 Å². The number of aryl methyl sites for hydroxylation is 1. The van der Waals surface area contributed by atoms with Crippen molar-refractivity contribution in [1.82, 2.24) is 9.97 Å². The summed E-state index contributed by atoms with van der Waals surface area (Å²) < 4.78 is 10.5. The zero-order chi connectivity index (χ0) is 10.4. The van der Waals surface area contributed by atoms with Gasteiger partial charge in [-0.15, -0.1) is 0 Å². The van der Waals surface area contributed by atoms with Crippen LogP contribution in [0.15, 0.2) is 12.5 Å². The van der Waals surface area contributed by atoms with Gasteiger partial charge < -0.3 is 15.2 Å². The summed E-state index contributed by atoms with van der Waals surface area (Å²) >= 11 is 0. The molecule has 0 aliphatic rings. The summed E-state index contributed by atoms with van der Waals surface area (Å²) in [4.78, 5) is 7.85. The first kappa shape index (κ1) is 10.9. The third kappa shape index (κ3) is 2.93. The summed E-state index contributed by atoms with van der Waals surface area (Å²) in [6.45, 7) is 2.73. The molecular weight excluding hydrogens is 182 g/mol. The van der Waals surface area contributed by atoms with Crippen molar-refractivity contribution in [2.24, 2.45) is 5.73 Å². The maximum Gasteiger partial charge on any atom is 0.219 e. The minimum atomic E-state index is -0.0932. The second-order valence-corrected chi connectivity index (χ2v) is 2.92. The highest BCUT2D eigenvalue weighted by atomic mass is 16.5. The van der Waals surface area contributed by atoms with Crippen molar-refractivity contribution in [3.63, 3.8) is 0 Å². The Bertz CT molecular complexity index is 277. The molecule has 0 aliphatic carbocycles.